The Morgan fingerprint density at radius 2 is 1.94 bits per heavy atom. The minimum atomic E-state index is -0.664. The van der Waals surface area contributed by atoms with Crippen LogP contribution in [-0.2, 0) is 4.79 Å². The molecule has 2 rings (SSSR count). The molecular weight excluding hydrogens is 232 g/mol. The van der Waals surface area contributed by atoms with Crippen LogP contribution in [0.5, 0.6) is 0 Å². The van der Waals surface area contributed by atoms with Crippen molar-refractivity contribution in [2.45, 2.75) is 36.3 Å². The Morgan fingerprint density at radius 3 is 2.41 bits per heavy atom. The number of hydrogen-bond donors (Lipinski definition) is 1. The van der Waals surface area contributed by atoms with Gasteiger partial charge in [-0.1, -0.05) is 32.0 Å². The van der Waals surface area contributed by atoms with Crippen molar-refractivity contribution in [3.05, 3.63) is 30.3 Å². The van der Waals surface area contributed by atoms with Crippen LogP contribution in [0.2, 0.25) is 0 Å². The molecule has 0 amide bonds. The standard InChI is InChI=1S/C14H18O2S/c1-10(2)11-8-14(9-11,13(15)16)17-12-6-4-3-5-7-12/h3-7,10-11H,8-9H2,1-2H3,(H,15,16). The third kappa shape index (κ3) is 2.49. The molecule has 0 bridgehead atoms. The highest BCUT2D eigenvalue weighted by Crippen LogP contribution is 2.53. The van der Waals surface area contributed by atoms with E-state index in [1.165, 1.54) is 11.8 Å². The minimum absolute atomic E-state index is 0.558. The van der Waals surface area contributed by atoms with E-state index in [4.69, 9.17) is 0 Å². The zero-order valence-corrected chi connectivity index (χ0v) is 11.0. The number of hydrogen-bond acceptors (Lipinski definition) is 2. The van der Waals surface area contributed by atoms with Crippen LogP contribution in [0.3, 0.4) is 0 Å². The van der Waals surface area contributed by atoms with Gasteiger partial charge in [-0.05, 0) is 36.8 Å². The fourth-order valence-electron chi connectivity index (χ4n) is 2.27. The first-order chi connectivity index (χ1) is 8.03. The average molecular weight is 250 g/mol. The number of rotatable bonds is 4. The molecule has 0 atom stereocenters. The van der Waals surface area contributed by atoms with Gasteiger partial charge in [0.2, 0.25) is 0 Å². The number of carboxylic acids is 1. The SMILES string of the molecule is CC(C)C1CC(Sc2ccccc2)(C(=O)O)C1. The molecule has 1 aromatic carbocycles. The van der Waals surface area contributed by atoms with Crippen LogP contribution in [0, 0.1) is 11.8 Å². The van der Waals surface area contributed by atoms with Gasteiger partial charge in [0, 0.05) is 4.90 Å². The van der Waals surface area contributed by atoms with Crippen molar-refractivity contribution in [1.82, 2.24) is 0 Å². The molecule has 3 heteroatoms. The summed E-state index contributed by atoms with van der Waals surface area (Å²) < 4.78 is -0.587. The van der Waals surface area contributed by atoms with Gasteiger partial charge in [0.05, 0.1) is 0 Å². The van der Waals surface area contributed by atoms with E-state index in [9.17, 15) is 9.90 Å². The summed E-state index contributed by atoms with van der Waals surface area (Å²) in [6.07, 6.45) is 1.58. The highest BCUT2D eigenvalue weighted by Gasteiger charge is 2.51. The summed E-state index contributed by atoms with van der Waals surface area (Å²) in [4.78, 5) is 12.5. The Hall–Kier alpha value is -0.960. The summed E-state index contributed by atoms with van der Waals surface area (Å²) in [7, 11) is 0. The molecule has 92 valence electrons. The lowest BCUT2D eigenvalue weighted by atomic mass is 9.69. The van der Waals surface area contributed by atoms with Crippen molar-refractivity contribution >= 4 is 17.7 Å². The van der Waals surface area contributed by atoms with Crippen LogP contribution in [-0.4, -0.2) is 15.8 Å². The van der Waals surface area contributed by atoms with Crippen LogP contribution < -0.4 is 0 Å². The second-order valence-electron chi connectivity index (χ2n) is 5.13. The molecule has 1 aromatic rings. The van der Waals surface area contributed by atoms with Gasteiger partial charge in [-0.3, -0.25) is 4.79 Å². The van der Waals surface area contributed by atoms with Crippen LogP contribution in [0.25, 0.3) is 0 Å². The van der Waals surface area contributed by atoms with Crippen LogP contribution in [0.15, 0.2) is 35.2 Å². The largest absolute Gasteiger partial charge is 0.480 e. The summed E-state index contributed by atoms with van der Waals surface area (Å²) in [5.74, 6) is 0.476. The molecule has 17 heavy (non-hydrogen) atoms. The molecule has 0 aliphatic heterocycles. The van der Waals surface area contributed by atoms with Crippen LogP contribution in [0.4, 0.5) is 0 Å². The molecule has 0 heterocycles. The van der Waals surface area contributed by atoms with Crippen molar-refractivity contribution in [1.29, 1.82) is 0 Å². The Morgan fingerprint density at radius 1 is 1.35 bits per heavy atom. The van der Waals surface area contributed by atoms with Gasteiger partial charge in [0.1, 0.15) is 4.75 Å². The number of thioether (sulfide) groups is 1. The Bertz CT molecular complexity index is 394. The zero-order chi connectivity index (χ0) is 12.5. The predicted molar refractivity (Wildman–Crippen MR) is 70.2 cm³/mol. The molecule has 0 unspecified atom stereocenters. The molecule has 1 fully saturated rings. The van der Waals surface area contributed by atoms with Crippen molar-refractivity contribution in [3.8, 4) is 0 Å². The van der Waals surface area contributed by atoms with E-state index >= 15 is 0 Å². The smallest absolute Gasteiger partial charge is 0.320 e. The van der Waals surface area contributed by atoms with Crippen molar-refractivity contribution < 1.29 is 9.90 Å². The second kappa shape index (κ2) is 4.73. The minimum Gasteiger partial charge on any atom is -0.480 e. The molecule has 1 aliphatic carbocycles. The fraction of sp³-hybridized carbons (Fsp3) is 0.500. The highest BCUT2D eigenvalue weighted by molar-refractivity contribution is 8.01. The van der Waals surface area contributed by atoms with Crippen molar-refractivity contribution in [3.63, 3.8) is 0 Å². The van der Waals surface area contributed by atoms with E-state index < -0.39 is 10.7 Å². The van der Waals surface area contributed by atoms with Crippen LogP contribution in [0.1, 0.15) is 26.7 Å². The number of carboxylic acid groups (broad SMARTS) is 1. The highest BCUT2D eigenvalue weighted by atomic mass is 32.2. The molecule has 1 aliphatic rings. The Labute approximate surface area is 106 Å². The lowest BCUT2D eigenvalue weighted by molar-refractivity contribution is -0.144. The number of aliphatic carboxylic acids is 1. The molecule has 0 saturated heterocycles. The monoisotopic (exact) mass is 250 g/mol. The van der Waals surface area contributed by atoms with Gasteiger partial charge < -0.3 is 5.11 Å². The molecule has 0 spiro atoms. The van der Waals surface area contributed by atoms with Crippen molar-refractivity contribution in [2.24, 2.45) is 11.8 Å². The lowest BCUT2D eigenvalue weighted by Crippen LogP contribution is -2.49. The predicted octanol–water partition coefficient (Wildman–Crippen LogP) is 3.67. The summed E-state index contributed by atoms with van der Waals surface area (Å²) in [6.45, 7) is 4.34. The molecule has 1 saturated carbocycles. The first-order valence-electron chi connectivity index (χ1n) is 6.01. The number of benzene rings is 1. The molecule has 0 aromatic heterocycles. The first kappa shape index (κ1) is 12.5. The maximum Gasteiger partial charge on any atom is 0.320 e. The third-order valence-electron chi connectivity index (χ3n) is 3.57. The quantitative estimate of drug-likeness (QED) is 0.886. The summed E-state index contributed by atoms with van der Waals surface area (Å²) in [5, 5.41) is 9.42. The van der Waals surface area contributed by atoms with Gasteiger partial charge in [-0.25, -0.2) is 0 Å². The van der Waals surface area contributed by atoms with E-state index in [1.54, 1.807) is 0 Å². The third-order valence-corrected chi connectivity index (χ3v) is 4.98. The zero-order valence-electron chi connectivity index (χ0n) is 10.2. The van der Waals surface area contributed by atoms with E-state index in [0.717, 1.165) is 17.7 Å². The van der Waals surface area contributed by atoms with Gasteiger partial charge in [0.15, 0.2) is 0 Å². The van der Waals surface area contributed by atoms with E-state index in [-0.39, 0.29) is 0 Å². The topological polar surface area (TPSA) is 37.3 Å². The van der Waals surface area contributed by atoms with Gasteiger partial charge in [0.25, 0.3) is 0 Å². The van der Waals surface area contributed by atoms with E-state index in [0.29, 0.717) is 11.8 Å². The first-order valence-corrected chi connectivity index (χ1v) is 6.82. The maximum absolute atomic E-state index is 11.5. The summed E-state index contributed by atoms with van der Waals surface area (Å²) in [6, 6.07) is 9.83. The summed E-state index contributed by atoms with van der Waals surface area (Å²) in [5.41, 5.74) is 0. The van der Waals surface area contributed by atoms with E-state index in [2.05, 4.69) is 13.8 Å². The van der Waals surface area contributed by atoms with Gasteiger partial charge >= 0.3 is 5.97 Å². The van der Waals surface area contributed by atoms with E-state index in [1.807, 2.05) is 30.3 Å². The van der Waals surface area contributed by atoms with Gasteiger partial charge in [-0.2, -0.15) is 0 Å². The Kier molecular flexibility index (Phi) is 3.48. The second-order valence-corrected chi connectivity index (χ2v) is 6.58. The summed E-state index contributed by atoms with van der Waals surface area (Å²) >= 11 is 1.51. The number of carbonyl (C=O) groups is 1. The average Bonchev–Trinajstić information content (AvgIpc) is 2.23. The maximum atomic E-state index is 11.5. The normalized spacial score (nSPS) is 27.8. The van der Waals surface area contributed by atoms with Crippen LogP contribution >= 0.6 is 11.8 Å². The molecule has 0 radical (unpaired) electrons. The molecule has 1 N–H and O–H groups in total. The van der Waals surface area contributed by atoms with Crippen molar-refractivity contribution in [2.75, 3.05) is 0 Å². The van der Waals surface area contributed by atoms with Gasteiger partial charge in [-0.15, -0.1) is 11.8 Å². The fourth-order valence-corrected chi connectivity index (χ4v) is 3.70. The lowest BCUT2D eigenvalue weighted by Gasteiger charge is -2.45. The molecule has 2 nitrogen and oxygen atoms in total. The Balaban J connectivity index is 2.08. The molecular formula is C14H18O2S.